The molecule has 0 fully saturated rings. The van der Waals surface area contributed by atoms with Crippen molar-refractivity contribution in [2.75, 3.05) is 20.2 Å². The zero-order valence-electron chi connectivity index (χ0n) is 20.0. The van der Waals surface area contributed by atoms with E-state index < -0.39 is 11.3 Å². The molecule has 0 saturated carbocycles. The molecule has 1 heterocycles. The van der Waals surface area contributed by atoms with Crippen LogP contribution in [0.5, 0.6) is 5.75 Å². The second kappa shape index (κ2) is 9.23. The molecule has 0 saturated heterocycles. The highest BCUT2D eigenvalue weighted by Gasteiger charge is 2.55. The first-order chi connectivity index (χ1) is 17.6. The summed E-state index contributed by atoms with van der Waals surface area (Å²) in [5.74, 6) is -0.333. The van der Waals surface area contributed by atoms with Gasteiger partial charge in [-0.3, -0.25) is 4.90 Å². The van der Waals surface area contributed by atoms with E-state index in [4.69, 9.17) is 10.5 Å². The summed E-state index contributed by atoms with van der Waals surface area (Å²) in [6.45, 7) is 1.93. The molecule has 0 unspecified atom stereocenters. The Morgan fingerprint density at radius 3 is 2.42 bits per heavy atom. The van der Waals surface area contributed by atoms with Gasteiger partial charge in [0.2, 0.25) is 0 Å². The van der Waals surface area contributed by atoms with Crippen LogP contribution in [0.15, 0.2) is 89.6 Å². The minimum atomic E-state index is -1.72. The van der Waals surface area contributed by atoms with E-state index in [2.05, 4.69) is 35.2 Å². The minimum absolute atomic E-state index is 0.0222. The standard InChI is InChI=1S/C30H25N5O/c1-36-26-12-11-21-9-5-6-10-22(21)27(26)28-25-17-35(16-20-7-3-2-4-8-20)14-13-23(25)24(15-31)29(34)30(28,18-32)19-33/h2-13,25,28H,14,16-17,34H2,1H3/t25-,28-/m0/s1. The number of allylic oxidation sites excluding steroid dienone is 2. The monoisotopic (exact) mass is 471 g/mol. The summed E-state index contributed by atoms with van der Waals surface area (Å²) in [5, 5.41) is 33.0. The molecule has 0 aromatic heterocycles. The second-order valence-electron chi connectivity index (χ2n) is 9.26. The van der Waals surface area contributed by atoms with Crippen molar-refractivity contribution in [3.8, 4) is 24.0 Å². The smallest absolute Gasteiger partial charge is 0.191 e. The van der Waals surface area contributed by atoms with Crippen molar-refractivity contribution >= 4 is 10.8 Å². The average molecular weight is 472 g/mol. The third-order valence-electron chi connectivity index (χ3n) is 7.45. The van der Waals surface area contributed by atoms with Gasteiger partial charge in [0.15, 0.2) is 5.41 Å². The van der Waals surface area contributed by atoms with Crippen LogP contribution in [0.1, 0.15) is 17.0 Å². The molecule has 6 nitrogen and oxygen atoms in total. The van der Waals surface area contributed by atoms with Gasteiger partial charge in [-0.1, -0.05) is 66.7 Å². The Kier molecular flexibility index (Phi) is 5.95. The lowest BCUT2D eigenvalue weighted by Gasteiger charge is -2.46. The Morgan fingerprint density at radius 2 is 1.72 bits per heavy atom. The molecule has 0 amide bonds. The fraction of sp³-hybridized carbons (Fsp3) is 0.233. The third kappa shape index (κ3) is 3.50. The number of nitriles is 3. The number of hydrogen-bond acceptors (Lipinski definition) is 6. The van der Waals surface area contributed by atoms with Crippen LogP contribution in [0.25, 0.3) is 10.8 Å². The Labute approximate surface area is 210 Å². The molecule has 0 spiro atoms. The Hall–Kier alpha value is -4.57. The highest BCUT2D eigenvalue weighted by atomic mass is 16.5. The van der Waals surface area contributed by atoms with Crippen molar-refractivity contribution in [2.24, 2.45) is 17.1 Å². The highest BCUT2D eigenvalue weighted by molar-refractivity contribution is 5.89. The van der Waals surface area contributed by atoms with Gasteiger partial charge in [-0.05, 0) is 28.0 Å². The molecule has 0 radical (unpaired) electrons. The first kappa shape index (κ1) is 23.2. The molecular formula is C30H25N5O. The first-order valence-electron chi connectivity index (χ1n) is 11.8. The number of nitrogens with zero attached hydrogens (tertiary/aromatic N) is 4. The second-order valence-corrected chi connectivity index (χ2v) is 9.26. The maximum atomic E-state index is 10.5. The van der Waals surface area contributed by atoms with Crippen LogP contribution < -0.4 is 10.5 Å². The Bertz CT molecular complexity index is 1500. The van der Waals surface area contributed by atoms with Gasteiger partial charge in [0, 0.05) is 37.0 Å². The lowest BCUT2D eigenvalue weighted by molar-refractivity contribution is 0.200. The van der Waals surface area contributed by atoms with E-state index in [-0.39, 0.29) is 17.2 Å². The van der Waals surface area contributed by atoms with Crippen LogP contribution in [0.2, 0.25) is 0 Å². The van der Waals surface area contributed by atoms with Crippen LogP contribution in [-0.4, -0.2) is 25.1 Å². The maximum Gasteiger partial charge on any atom is 0.191 e. The van der Waals surface area contributed by atoms with Crippen LogP contribution in [0.3, 0.4) is 0 Å². The molecule has 0 bridgehead atoms. The van der Waals surface area contributed by atoms with Crippen molar-refractivity contribution in [2.45, 2.75) is 12.5 Å². The third-order valence-corrected chi connectivity index (χ3v) is 7.45. The van der Waals surface area contributed by atoms with Crippen molar-refractivity contribution < 1.29 is 4.74 Å². The van der Waals surface area contributed by atoms with Gasteiger partial charge in [0.05, 0.1) is 30.5 Å². The molecule has 176 valence electrons. The van der Waals surface area contributed by atoms with E-state index >= 15 is 0 Å². The van der Waals surface area contributed by atoms with E-state index in [1.165, 1.54) is 5.56 Å². The fourth-order valence-corrected chi connectivity index (χ4v) is 5.80. The number of methoxy groups -OCH3 is 1. The molecule has 1 aliphatic heterocycles. The summed E-state index contributed by atoms with van der Waals surface area (Å²) < 4.78 is 5.81. The average Bonchev–Trinajstić information content (AvgIpc) is 2.93. The van der Waals surface area contributed by atoms with Crippen molar-refractivity contribution in [3.63, 3.8) is 0 Å². The van der Waals surface area contributed by atoms with Crippen LogP contribution in [0.4, 0.5) is 0 Å². The summed E-state index contributed by atoms with van der Waals surface area (Å²) in [7, 11) is 1.59. The number of fused-ring (bicyclic) bond motifs is 2. The summed E-state index contributed by atoms with van der Waals surface area (Å²) in [4.78, 5) is 2.28. The van der Waals surface area contributed by atoms with Crippen LogP contribution in [-0.2, 0) is 6.54 Å². The van der Waals surface area contributed by atoms with Gasteiger partial charge < -0.3 is 10.5 Å². The van der Waals surface area contributed by atoms with E-state index in [1.807, 2.05) is 60.7 Å². The van der Waals surface area contributed by atoms with Crippen LogP contribution in [0, 0.1) is 45.3 Å². The zero-order valence-corrected chi connectivity index (χ0v) is 20.0. The van der Waals surface area contributed by atoms with Crippen molar-refractivity contribution in [1.82, 2.24) is 4.90 Å². The van der Waals surface area contributed by atoms with Crippen molar-refractivity contribution in [3.05, 3.63) is 101 Å². The maximum absolute atomic E-state index is 10.5. The topological polar surface area (TPSA) is 110 Å². The predicted octanol–water partition coefficient (Wildman–Crippen LogP) is 4.77. The number of nitrogens with two attached hydrogens (primary N) is 1. The fourth-order valence-electron chi connectivity index (χ4n) is 5.80. The van der Waals surface area contributed by atoms with Gasteiger partial charge in [-0.2, -0.15) is 15.8 Å². The SMILES string of the molecule is COc1ccc2ccccc2c1[C@@H]1[C@H]2CN(Cc3ccccc3)CC=C2C(C#N)=C(N)C1(C#N)C#N. The number of ether oxygens (including phenoxy) is 1. The lowest BCUT2D eigenvalue weighted by atomic mass is 9.57. The molecule has 3 aromatic rings. The number of benzene rings is 3. The van der Waals surface area contributed by atoms with E-state index in [9.17, 15) is 15.8 Å². The zero-order chi connectivity index (χ0) is 25.3. The summed E-state index contributed by atoms with van der Waals surface area (Å²) >= 11 is 0. The molecular weight excluding hydrogens is 446 g/mol. The van der Waals surface area contributed by atoms with Gasteiger partial charge in [0.25, 0.3) is 0 Å². The molecule has 2 N–H and O–H groups in total. The van der Waals surface area contributed by atoms with Crippen LogP contribution >= 0.6 is 0 Å². The van der Waals surface area contributed by atoms with Gasteiger partial charge in [-0.15, -0.1) is 0 Å². The molecule has 2 atom stereocenters. The first-order valence-corrected chi connectivity index (χ1v) is 11.8. The molecule has 36 heavy (non-hydrogen) atoms. The van der Waals surface area contributed by atoms with E-state index in [1.54, 1.807) is 7.11 Å². The molecule has 1 aliphatic carbocycles. The van der Waals surface area contributed by atoms with Gasteiger partial charge in [0.1, 0.15) is 11.8 Å². The highest BCUT2D eigenvalue weighted by Crippen LogP contribution is 2.57. The molecule has 6 heteroatoms. The number of hydrogen-bond donors (Lipinski definition) is 1. The quantitative estimate of drug-likeness (QED) is 0.587. The Morgan fingerprint density at radius 1 is 1.00 bits per heavy atom. The molecule has 5 rings (SSSR count). The lowest BCUT2D eigenvalue weighted by Crippen LogP contribution is -2.48. The summed E-state index contributed by atoms with van der Waals surface area (Å²) in [6.07, 6.45) is 2.03. The van der Waals surface area contributed by atoms with E-state index in [0.29, 0.717) is 25.4 Å². The van der Waals surface area contributed by atoms with Gasteiger partial charge >= 0.3 is 0 Å². The molecule has 3 aromatic carbocycles. The normalized spacial score (nSPS) is 21.0. The van der Waals surface area contributed by atoms with Gasteiger partial charge in [-0.25, -0.2) is 0 Å². The summed E-state index contributed by atoms with van der Waals surface area (Å²) in [5.41, 5.74) is 7.84. The summed E-state index contributed by atoms with van der Waals surface area (Å²) in [6, 6.07) is 28.6. The Balaban J connectivity index is 1.76. The molecule has 2 aliphatic rings. The number of rotatable bonds is 4. The van der Waals surface area contributed by atoms with E-state index in [0.717, 1.165) is 21.9 Å². The minimum Gasteiger partial charge on any atom is -0.496 e. The predicted molar refractivity (Wildman–Crippen MR) is 137 cm³/mol. The largest absolute Gasteiger partial charge is 0.496 e. The van der Waals surface area contributed by atoms with Crippen molar-refractivity contribution in [1.29, 1.82) is 15.8 Å².